The standard InChI is InChI=1S/C22H22Cl2N2O2S/c23-16-2-1-13(10-17(16)24)18-3-4-19(28-18)21(27)26-22(29)25-20-14-6-11-5-12(8-14)9-15(20)7-11/h1-4,10-12,14-15,20H,5-9H2,(H2,25,26,27,29). The van der Waals surface area contributed by atoms with Gasteiger partial charge in [-0.05, 0) is 98.3 Å². The predicted molar refractivity (Wildman–Crippen MR) is 118 cm³/mol. The Morgan fingerprint density at radius 2 is 1.66 bits per heavy atom. The zero-order chi connectivity index (χ0) is 20.1. The summed E-state index contributed by atoms with van der Waals surface area (Å²) in [5, 5.41) is 7.52. The maximum Gasteiger partial charge on any atom is 0.293 e. The first-order chi connectivity index (χ1) is 14.0. The number of hydrogen-bond acceptors (Lipinski definition) is 3. The van der Waals surface area contributed by atoms with Gasteiger partial charge in [0.25, 0.3) is 5.91 Å². The van der Waals surface area contributed by atoms with Crippen LogP contribution in [0.4, 0.5) is 0 Å². The van der Waals surface area contributed by atoms with E-state index in [4.69, 9.17) is 39.8 Å². The molecule has 6 rings (SSSR count). The van der Waals surface area contributed by atoms with E-state index < -0.39 is 0 Å². The van der Waals surface area contributed by atoms with Crippen molar-refractivity contribution < 1.29 is 9.21 Å². The molecule has 4 saturated carbocycles. The third-order valence-electron chi connectivity index (χ3n) is 6.79. The number of carbonyl (C=O) groups is 1. The molecule has 4 fully saturated rings. The van der Waals surface area contributed by atoms with Crippen molar-refractivity contribution in [3.8, 4) is 11.3 Å². The molecule has 4 nitrogen and oxygen atoms in total. The Hall–Kier alpha value is -1.56. The van der Waals surface area contributed by atoms with Gasteiger partial charge in [0.2, 0.25) is 0 Å². The maximum absolute atomic E-state index is 12.6. The lowest BCUT2D eigenvalue weighted by atomic mass is 9.54. The highest BCUT2D eigenvalue weighted by atomic mass is 35.5. The summed E-state index contributed by atoms with van der Waals surface area (Å²) < 4.78 is 5.71. The molecular formula is C22H22Cl2N2O2S. The highest BCUT2D eigenvalue weighted by molar-refractivity contribution is 7.80. The minimum absolute atomic E-state index is 0.209. The summed E-state index contributed by atoms with van der Waals surface area (Å²) >= 11 is 17.5. The number of halogens is 2. The minimum atomic E-state index is -0.349. The summed E-state index contributed by atoms with van der Waals surface area (Å²) in [6.45, 7) is 0. The maximum atomic E-state index is 12.6. The Kier molecular flexibility index (Phi) is 5.09. The zero-order valence-corrected chi connectivity index (χ0v) is 18.1. The van der Waals surface area contributed by atoms with Crippen LogP contribution in [0.25, 0.3) is 11.3 Å². The molecule has 0 spiro atoms. The molecule has 7 heteroatoms. The second-order valence-corrected chi connectivity index (χ2v) is 9.90. The summed E-state index contributed by atoms with van der Waals surface area (Å²) in [6, 6.07) is 8.97. The van der Waals surface area contributed by atoms with Crippen molar-refractivity contribution in [3.05, 3.63) is 46.1 Å². The summed E-state index contributed by atoms with van der Waals surface area (Å²) in [6.07, 6.45) is 6.61. The van der Waals surface area contributed by atoms with E-state index in [9.17, 15) is 4.79 Å². The van der Waals surface area contributed by atoms with Crippen LogP contribution in [-0.2, 0) is 0 Å². The lowest BCUT2D eigenvalue weighted by molar-refractivity contribution is -0.00692. The molecule has 0 atom stereocenters. The van der Waals surface area contributed by atoms with E-state index >= 15 is 0 Å². The molecule has 4 aliphatic rings. The van der Waals surface area contributed by atoms with Gasteiger partial charge >= 0.3 is 0 Å². The van der Waals surface area contributed by atoms with Crippen molar-refractivity contribution in [2.45, 2.75) is 38.1 Å². The van der Waals surface area contributed by atoms with E-state index in [0.717, 1.165) is 17.4 Å². The second kappa shape index (κ2) is 7.60. The molecule has 1 aromatic carbocycles. The summed E-state index contributed by atoms with van der Waals surface area (Å²) in [7, 11) is 0. The van der Waals surface area contributed by atoms with Crippen molar-refractivity contribution in [1.29, 1.82) is 0 Å². The fourth-order valence-electron chi connectivity index (χ4n) is 5.78. The van der Waals surface area contributed by atoms with Crippen LogP contribution in [0, 0.1) is 23.7 Å². The molecule has 1 amide bonds. The Labute approximate surface area is 185 Å². The Balaban J connectivity index is 1.22. The van der Waals surface area contributed by atoms with Crippen molar-refractivity contribution >= 4 is 46.4 Å². The number of thiocarbonyl (C=S) groups is 1. The SMILES string of the molecule is O=C(NC(=S)NC1C2CC3CC(C2)CC1C3)c1ccc(-c2ccc(Cl)c(Cl)c2)o1. The topological polar surface area (TPSA) is 54.3 Å². The first-order valence-corrected chi connectivity index (χ1v) is 11.3. The van der Waals surface area contributed by atoms with Crippen LogP contribution in [0.2, 0.25) is 10.0 Å². The minimum Gasteiger partial charge on any atom is -0.451 e. The molecule has 152 valence electrons. The van der Waals surface area contributed by atoms with Gasteiger partial charge < -0.3 is 9.73 Å². The number of rotatable bonds is 3. The molecule has 0 radical (unpaired) electrons. The lowest BCUT2D eigenvalue weighted by Gasteiger charge is -2.54. The molecule has 4 aliphatic carbocycles. The van der Waals surface area contributed by atoms with Crippen LogP contribution >= 0.6 is 35.4 Å². The van der Waals surface area contributed by atoms with E-state index in [1.807, 2.05) is 0 Å². The van der Waals surface area contributed by atoms with Crippen molar-refractivity contribution in [2.75, 3.05) is 0 Å². The molecule has 4 bridgehead atoms. The third kappa shape index (κ3) is 3.80. The van der Waals surface area contributed by atoms with E-state index in [1.54, 1.807) is 30.3 Å². The number of amides is 1. The number of furan rings is 1. The van der Waals surface area contributed by atoms with E-state index in [1.165, 1.54) is 32.1 Å². The summed E-state index contributed by atoms with van der Waals surface area (Å²) in [5.74, 6) is 3.59. The second-order valence-electron chi connectivity index (χ2n) is 8.68. The van der Waals surface area contributed by atoms with E-state index in [-0.39, 0.29) is 11.7 Å². The third-order valence-corrected chi connectivity index (χ3v) is 7.74. The monoisotopic (exact) mass is 448 g/mol. The van der Waals surface area contributed by atoms with Gasteiger partial charge in [-0.3, -0.25) is 10.1 Å². The Morgan fingerprint density at radius 3 is 2.31 bits per heavy atom. The molecule has 0 aliphatic heterocycles. The van der Waals surface area contributed by atoms with Crippen molar-refractivity contribution in [2.24, 2.45) is 23.7 Å². The Morgan fingerprint density at radius 1 is 0.966 bits per heavy atom. The van der Waals surface area contributed by atoms with Gasteiger partial charge in [0.1, 0.15) is 5.76 Å². The van der Waals surface area contributed by atoms with Gasteiger partial charge in [0, 0.05) is 11.6 Å². The fourth-order valence-corrected chi connectivity index (χ4v) is 6.30. The highest BCUT2D eigenvalue weighted by Crippen LogP contribution is 2.53. The predicted octanol–water partition coefficient (Wildman–Crippen LogP) is 5.68. The van der Waals surface area contributed by atoms with Gasteiger partial charge in [-0.2, -0.15) is 0 Å². The molecule has 1 aromatic heterocycles. The number of carbonyl (C=O) groups excluding carboxylic acids is 1. The Bertz CT molecular complexity index is 945. The van der Waals surface area contributed by atoms with Crippen molar-refractivity contribution in [3.63, 3.8) is 0 Å². The van der Waals surface area contributed by atoms with Gasteiger partial charge in [0.05, 0.1) is 10.0 Å². The molecule has 1 heterocycles. The molecule has 0 unspecified atom stereocenters. The van der Waals surface area contributed by atoms with Gasteiger partial charge in [0.15, 0.2) is 10.9 Å². The van der Waals surface area contributed by atoms with E-state index in [0.29, 0.717) is 38.8 Å². The normalized spacial score (nSPS) is 29.7. The zero-order valence-electron chi connectivity index (χ0n) is 15.8. The van der Waals surface area contributed by atoms with Crippen LogP contribution in [-0.4, -0.2) is 17.1 Å². The van der Waals surface area contributed by atoms with Crippen molar-refractivity contribution in [1.82, 2.24) is 10.6 Å². The van der Waals surface area contributed by atoms with Crippen LogP contribution in [0.15, 0.2) is 34.7 Å². The first-order valence-electron chi connectivity index (χ1n) is 10.1. The molecule has 0 saturated heterocycles. The first kappa shape index (κ1) is 19.4. The average molecular weight is 449 g/mol. The number of hydrogen-bond donors (Lipinski definition) is 2. The largest absolute Gasteiger partial charge is 0.451 e. The highest BCUT2D eigenvalue weighted by Gasteiger charge is 2.48. The molecule has 29 heavy (non-hydrogen) atoms. The summed E-state index contributed by atoms with van der Waals surface area (Å²) in [5.41, 5.74) is 0.757. The molecule has 2 N–H and O–H groups in total. The van der Waals surface area contributed by atoms with Gasteiger partial charge in [-0.25, -0.2) is 0 Å². The molecular weight excluding hydrogens is 427 g/mol. The quantitative estimate of drug-likeness (QED) is 0.592. The smallest absolute Gasteiger partial charge is 0.293 e. The van der Waals surface area contributed by atoms with Crippen LogP contribution in [0.5, 0.6) is 0 Å². The fraction of sp³-hybridized carbons (Fsp3) is 0.455. The van der Waals surface area contributed by atoms with Crippen LogP contribution < -0.4 is 10.6 Å². The average Bonchev–Trinajstić information content (AvgIpc) is 3.17. The van der Waals surface area contributed by atoms with Crippen LogP contribution in [0.1, 0.15) is 42.7 Å². The van der Waals surface area contributed by atoms with Gasteiger partial charge in [-0.1, -0.05) is 23.2 Å². The van der Waals surface area contributed by atoms with E-state index in [2.05, 4.69) is 10.6 Å². The van der Waals surface area contributed by atoms with Gasteiger partial charge in [-0.15, -0.1) is 0 Å². The molecule has 2 aromatic rings. The number of nitrogens with one attached hydrogen (secondary N) is 2. The van der Waals surface area contributed by atoms with Crippen LogP contribution in [0.3, 0.4) is 0 Å². The summed E-state index contributed by atoms with van der Waals surface area (Å²) in [4.78, 5) is 12.6. The lowest BCUT2D eigenvalue weighted by Crippen LogP contribution is -2.57. The number of benzene rings is 1.